The second kappa shape index (κ2) is 8.45. The first kappa shape index (κ1) is 21.9. The standard InChI is InChI=1S/C25H31FN4O.ClH/c26-18-2-1-3-19(15-18)29-10-12-30(13-11-29)20-5-4-17(14-20)23-27-22-6-7-25(8-9-25)16-21(22)24(31)28-23;/h1-3,15,17,20H,4-14,16H2,(H,27,28,31);1H/t17-,20-;/m1./s1. The zero-order chi connectivity index (χ0) is 21.0. The monoisotopic (exact) mass is 458 g/mol. The normalized spacial score (nSPS) is 26.6. The summed E-state index contributed by atoms with van der Waals surface area (Å²) in [6, 6.07) is 7.46. The van der Waals surface area contributed by atoms with Crippen molar-refractivity contribution in [3.8, 4) is 0 Å². The summed E-state index contributed by atoms with van der Waals surface area (Å²) in [5.41, 5.74) is 3.58. The van der Waals surface area contributed by atoms with Gasteiger partial charge in [0.2, 0.25) is 0 Å². The first-order chi connectivity index (χ1) is 15.1. The van der Waals surface area contributed by atoms with Crippen LogP contribution in [-0.4, -0.2) is 47.1 Å². The molecule has 3 aliphatic carbocycles. The minimum atomic E-state index is -0.169. The quantitative estimate of drug-likeness (QED) is 0.753. The fraction of sp³-hybridized carbons (Fsp3) is 0.600. The molecular formula is C25H32ClFN4O. The van der Waals surface area contributed by atoms with Gasteiger partial charge in [0.05, 0.1) is 5.69 Å². The summed E-state index contributed by atoms with van der Waals surface area (Å²) in [6.07, 6.45) is 9.02. The first-order valence-corrected chi connectivity index (χ1v) is 12.0. The number of anilines is 1. The summed E-state index contributed by atoms with van der Waals surface area (Å²) >= 11 is 0. The van der Waals surface area contributed by atoms with Crippen LogP contribution in [0.25, 0.3) is 0 Å². The summed E-state index contributed by atoms with van der Waals surface area (Å²) in [7, 11) is 0. The maximum Gasteiger partial charge on any atom is 0.254 e. The van der Waals surface area contributed by atoms with Crippen molar-refractivity contribution in [1.29, 1.82) is 0 Å². The predicted octanol–water partition coefficient (Wildman–Crippen LogP) is 4.06. The summed E-state index contributed by atoms with van der Waals surface area (Å²) in [5.74, 6) is 1.12. The number of halogens is 2. The number of hydrogen-bond acceptors (Lipinski definition) is 4. The van der Waals surface area contributed by atoms with Crippen LogP contribution in [0.3, 0.4) is 0 Å². The van der Waals surface area contributed by atoms with Gasteiger partial charge in [0.25, 0.3) is 5.56 Å². The smallest absolute Gasteiger partial charge is 0.254 e. The van der Waals surface area contributed by atoms with Gasteiger partial charge in [-0.2, -0.15) is 0 Å². The van der Waals surface area contributed by atoms with Gasteiger partial charge in [-0.1, -0.05) is 6.07 Å². The lowest BCUT2D eigenvalue weighted by Crippen LogP contribution is -2.49. The molecule has 1 saturated heterocycles. The summed E-state index contributed by atoms with van der Waals surface area (Å²) < 4.78 is 13.6. The zero-order valence-electron chi connectivity index (χ0n) is 18.5. The van der Waals surface area contributed by atoms with E-state index in [1.807, 2.05) is 6.07 Å². The Balaban J connectivity index is 0.00000216. The van der Waals surface area contributed by atoms with Crippen molar-refractivity contribution < 1.29 is 4.39 Å². The van der Waals surface area contributed by atoms with Crippen molar-refractivity contribution in [3.63, 3.8) is 0 Å². The number of H-pyrrole nitrogens is 1. The van der Waals surface area contributed by atoms with Gasteiger partial charge in [0.15, 0.2) is 0 Å². The molecule has 0 amide bonds. The fourth-order valence-electron chi connectivity index (χ4n) is 6.15. The van der Waals surface area contributed by atoms with Gasteiger partial charge >= 0.3 is 0 Å². The van der Waals surface area contributed by atoms with Crippen LogP contribution in [0.1, 0.15) is 61.5 Å². The molecule has 172 valence electrons. The molecule has 2 atom stereocenters. The van der Waals surface area contributed by atoms with E-state index in [1.165, 1.54) is 25.3 Å². The van der Waals surface area contributed by atoms with Crippen molar-refractivity contribution in [1.82, 2.24) is 14.9 Å². The van der Waals surface area contributed by atoms with Gasteiger partial charge in [-0.05, 0) is 75.0 Å². The molecule has 2 saturated carbocycles. The van der Waals surface area contributed by atoms with E-state index in [4.69, 9.17) is 4.98 Å². The Labute approximate surface area is 194 Å². The highest BCUT2D eigenvalue weighted by Crippen LogP contribution is 2.54. The van der Waals surface area contributed by atoms with Gasteiger partial charge in [0, 0.05) is 49.4 Å². The number of aromatic amines is 1. The summed E-state index contributed by atoms with van der Waals surface area (Å²) in [6.45, 7) is 3.87. The van der Waals surface area contributed by atoms with Crippen molar-refractivity contribution in [2.24, 2.45) is 5.41 Å². The summed E-state index contributed by atoms with van der Waals surface area (Å²) in [4.78, 5) is 25.8. The van der Waals surface area contributed by atoms with E-state index >= 15 is 0 Å². The van der Waals surface area contributed by atoms with Crippen LogP contribution < -0.4 is 10.5 Å². The topological polar surface area (TPSA) is 52.2 Å². The van der Waals surface area contributed by atoms with Crippen molar-refractivity contribution in [2.45, 2.75) is 63.3 Å². The molecular weight excluding hydrogens is 427 g/mol. The molecule has 0 bridgehead atoms. The van der Waals surface area contributed by atoms with Crippen LogP contribution >= 0.6 is 12.4 Å². The Morgan fingerprint density at radius 1 is 1.09 bits per heavy atom. The predicted molar refractivity (Wildman–Crippen MR) is 126 cm³/mol. The first-order valence-electron chi connectivity index (χ1n) is 12.0. The molecule has 1 aromatic heterocycles. The third-order valence-electron chi connectivity index (χ3n) is 8.32. The lowest BCUT2D eigenvalue weighted by molar-refractivity contribution is 0.186. The molecule has 2 heterocycles. The Kier molecular flexibility index (Phi) is 5.79. The van der Waals surface area contributed by atoms with E-state index in [0.717, 1.165) is 81.1 Å². The summed E-state index contributed by atoms with van der Waals surface area (Å²) in [5, 5.41) is 0. The number of fused-ring (bicyclic) bond motifs is 1. The van der Waals surface area contributed by atoms with E-state index in [-0.39, 0.29) is 23.8 Å². The molecule has 32 heavy (non-hydrogen) atoms. The third-order valence-corrected chi connectivity index (χ3v) is 8.32. The van der Waals surface area contributed by atoms with E-state index in [0.29, 0.717) is 17.4 Å². The Bertz CT molecular complexity index is 1040. The minimum Gasteiger partial charge on any atom is -0.369 e. The molecule has 0 radical (unpaired) electrons. The van der Waals surface area contributed by atoms with Crippen LogP contribution in [0.15, 0.2) is 29.1 Å². The van der Waals surface area contributed by atoms with Crippen LogP contribution in [0.4, 0.5) is 10.1 Å². The molecule has 4 aliphatic rings. The molecule has 3 fully saturated rings. The molecule has 5 nitrogen and oxygen atoms in total. The van der Waals surface area contributed by atoms with E-state index in [9.17, 15) is 9.18 Å². The lowest BCUT2D eigenvalue weighted by atomic mass is 9.84. The zero-order valence-corrected chi connectivity index (χ0v) is 19.3. The van der Waals surface area contributed by atoms with E-state index < -0.39 is 0 Å². The maximum absolute atomic E-state index is 13.6. The largest absolute Gasteiger partial charge is 0.369 e. The van der Waals surface area contributed by atoms with Gasteiger partial charge in [-0.3, -0.25) is 9.69 Å². The van der Waals surface area contributed by atoms with Crippen LogP contribution in [-0.2, 0) is 12.8 Å². The number of hydrogen-bond donors (Lipinski definition) is 1. The fourth-order valence-corrected chi connectivity index (χ4v) is 6.15. The van der Waals surface area contributed by atoms with Gasteiger partial charge in [0.1, 0.15) is 11.6 Å². The van der Waals surface area contributed by atoms with Gasteiger partial charge in [-0.15, -0.1) is 12.4 Å². The second-order valence-corrected chi connectivity index (χ2v) is 10.2. The van der Waals surface area contributed by atoms with E-state index in [1.54, 1.807) is 12.1 Å². The van der Waals surface area contributed by atoms with Crippen molar-refractivity contribution in [2.75, 3.05) is 31.1 Å². The number of nitrogens with one attached hydrogen (secondary N) is 1. The number of aryl methyl sites for hydroxylation is 1. The Morgan fingerprint density at radius 3 is 2.66 bits per heavy atom. The number of aromatic nitrogens is 2. The lowest BCUT2D eigenvalue weighted by Gasteiger charge is -2.39. The maximum atomic E-state index is 13.6. The van der Waals surface area contributed by atoms with Gasteiger partial charge in [-0.25, -0.2) is 9.37 Å². The number of benzene rings is 1. The second-order valence-electron chi connectivity index (χ2n) is 10.2. The van der Waals surface area contributed by atoms with Crippen molar-refractivity contribution >= 4 is 18.1 Å². The SMILES string of the molecule is Cl.O=c1[nH]c([C@@H]2CC[C@@H](N3CCN(c4cccc(F)c4)CC3)C2)nc2c1CC1(CC2)CC1. The van der Waals surface area contributed by atoms with Crippen LogP contribution in [0.5, 0.6) is 0 Å². The molecule has 6 rings (SSSR count). The molecule has 1 spiro atoms. The van der Waals surface area contributed by atoms with Gasteiger partial charge < -0.3 is 9.88 Å². The number of nitrogens with zero attached hydrogens (tertiary/aromatic N) is 3. The molecule has 1 aromatic carbocycles. The number of piperazine rings is 1. The molecule has 1 N–H and O–H groups in total. The molecule has 2 aromatic rings. The van der Waals surface area contributed by atoms with Crippen LogP contribution in [0, 0.1) is 11.2 Å². The minimum absolute atomic E-state index is 0. The van der Waals surface area contributed by atoms with E-state index in [2.05, 4.69) is 14.8 Å². The third kappa shape index (κ3) is 4.08. The van der Waals surface area contributed by atoms with Crippen LogP contribution in [0.2, 0.25) is 0 Å². The average molecular weight is 459 g/mol. The molecule has 0 unspecified atom stereocenters. The molecule has 1 aliphatic heterocycles. The Morgan fingerprint density at radius 2 is 1.91 bits per heavy atom. The highest BCUT2D eigenvalue weighted by Gasteiger charge is 2.46. The average Bonchev–Trinajstić information content (AvgIpc) is 3.34. The number of rotatable bonds is 3. The highest BCUT2D eigenvalue weighted by atomic mass is 35.5. The Hall–Kier alpha value is -1.92. The highest BCUT2D eigenvalue weighted by molar-refractivity contribution is 5.85. The van der Waals surface area contributed by atoms with Crippen molar-refractivity contribution in [3.05, 3.63) is 57.5 Å². The molecule has 7 heteroatoms.